The second kappa shape index (κ2) is 4.75. The van der Waals surface area contributed by atoms with Gasteiger partial charge in [0.05, 0.1) is 6.10 Å². The van der Waals surface area contributed by atoms with Crippen LogP contribution in [0.5, 0.6) is 5.75 Å². The zero-order valence-electron chi connectivity index (χ0n) is 10.1. The Morgan fingerprint density at radius 2 is 2.18 bits per heavy atom. The van der Waals surface area contributed by atoms with Crippen molar-refractivity contribution >= 4 is 5.91 Å². The average molecular weight is 235 g/mol. The highest BCUT2D eigenvalue weighted by Crippen LogP contribution is 2.19. The minimum Gasteiger partial charge on any atom is -0.484 e. The number of hydrogen-bond donors (Lipinski definition) is 1. The van der Waals surface area contributed by atoms with E-state index in [2.05, 4.69) is 0 Å². The summed E-state index contributed by atoms with van der Waals surface area (Å²) in [5.74, 6) is 0.667. The fourth-order valence-corrected chi connectivity index (χ4v) is 1.85. The standard InChI is InChI=1S/C13H17NO3/c1-9-3-4-12(10(2)5-9)17-8-13(16)14-6-11(15)7-14/h3-5,11,15H,6-8H2,1-2H3. The van der Waals surface area contributed by atoms with Gasteiger partial charge in [-0.25, -0.2) is 0 Å². The molecule has 1 aromatic carbocycles. The second-order valence-electron chi connectivity index (χ2n) is 4.51. The molecule has 1 amide bonds. The summed E-state index contributed by atoms with van der Waals surface area (Å²) >= 11 is 0. The van der Waals surface area contributed by atoms with Crippen LogP contribution in [0.15, 0.2) is 18.2 Å². The van der Waals surface area contributed by atoms with Gasteiger partial charge >= 0.3 is 0 Å². The molecule has 1 saturated heterocycles. The minimum absolute atomic E-state index is 0.0383. The Hall–Kier alpha value is -1.55. The van der Waals surface area contributed by atoms with Crippen molar-refractivity contribution in [3.8, 4) is 5.75 Å². The quantitative estimate of drug-likeness (QED) is 0.846. The fraction of sp³-hybridized carbons (Fsp3) is 0.462. The second-order valence-corrected chi connectivity index (χ2v) is 4.51. The lowest BCUT2D eigenvalue weighted by atomic mass is 10.1. The Balaban J connectivity index is 1.87. The molecule has 0 spiro atoms. The first-order valence-corrected chi connectivity index (χ1v) is 5.72. The number of rotatable bonds is 3. The molecule has 0 unspecified atom stereocenters. The van der Waals surface area contributed by atoms with Gasteiger partial charge in [-0.05, 0) is 25.5 Å². The molecule has 4 nitrogen and oxygen atoms in total. The minimum atomic E-state index is -0.361. The molecule has 0 saturated carbocycles. The molecule has 1 heterocycles. The number of nitrogens with zero attached hydrogens (tertiary/aromatic N) is 1. The fourth-order valence-electron chi connectivity index (χ4n) is 1.85. The molecule has 2 rings (SSSR count). The van der Waals surface area contributed by atoms with Crippen LogP contribution in [0.1, 0.15) is 11.1 Å². The predicted molar refractivity (Wildman–Crippen MR) is 64.0 cm³/mol. The summed E-state index contributed by atoms with van der Waals surface area (Å²) in [6.45, 7) is 4.87. The van der Waals surface area contributed by atoms with Crippen LogP contribution < -0.4 is 4.74 Å². The number of hydrogen-bond acceptors (Lipinski definition) is 3. The Kier molecular flexibility index (Phi) is 3.33. The lowest BCUT2D eigenvalue weighted by Crippen LogP contribution is -2.54. The van der Waals surface area contributed by atoms with Crippen molar-refractivity contribution in [3.63, 3.8) is 0 Å². The molecule has 1 aliphatic heterocycles. The van der Waals surface area contributed by atoms with Gasteiger partial charge in [-0.2, -0.15) is 0 Å². The van der Waals surface area contributed by atoms with Gasteiger partial charge in [-0.15, -0.1) is 0 Å². The zero-order chi connectivity index (χ0) is 12.4. The highest BCUT2D eigenvalue weighted by molar-refractivity contribution is 5.78. The first kappa shape index (κ1) is 11.9. The molecule has 1 aliphatic rings. The summed E-state index contributed by atoms with van der Waals surface area (Å²) in [6.07, 6.45) is -0.361. The third-order valence-corrected chi connectivity index (χ3v) is 2.90. The van der Waals surface area contributed by atoms with Gasteiger partial charge in [-0.1, -0.05) is 17.7 Å². The van der Waals surface area contributed by atoms with Gasteiger partial charge in [0.25, 0.3) is 5.91 Å². The summed E-state index contributed by atoms with van der Waals surface area (Å²) in [7, 11) is 0. The number of aliphatic hydroxyl groups is 1. The van der Waals surface area contributed by atoms with Gasteiger partial charge in [0.2, 0.25) is 0 Å². The van der Waals surface area contributed by atoms with Crippen LogP contribution in [0.4, 0.5) is 0 Å². The maximum absolute atomic E-state index is 11.6. The van der Waals surface area contributed by atoms with Gasteiger partial charge < -0.3 is 14.7 Å². The molecule has 17 heavy (non-hydrogen) atoms. The van der Waals surface area contributed by atoms with E-state index >= 15 is 0 Å². The summed E-state index contributed by atoms with van der Waals surface area (Å²) in [4.78, 5) is 13.2. The first-order valence-electron chi connectivity index (χ1n) is 5.72. The van der Waals surface area contributed by atoms with Crippen LogP contribution in [0.25, 0.3) is 0 Å². The molecule has 1 fully saturated rings. The number of carbonyl (C=O) groups is 1. The average Bonchev–Trinajstić information content (AvgIpc) is 2.23. The van der Waals surface area contributed by atoms with E-state index in [4.69, 9.17) is 9.84 Å². The Morgan fingerprint density at radius 1 is 1.47 bits per heavy atom. The molecule has 0 atom stereocenters. The van der Waals surface area contributed by atoms with E-state index in [9.17, 15) is 4.79 Å². The zero-order valence-corrected chi connectivity index (χ0v) is 10.1. The highest BCUT2D eigenvalue weighted by Gasteiger charge is 2.28. The summed E-state index contributed by atoms with van der Waals surface area (Å²) in [5.41, 5.74) is 2.20. The molecule has 0 radical (unpaired) electrons. The number of likely N-dealkylation sites (tertiary alicyclic amines) is 1. The van der Waals surface area contributed by atoms with Crippen LogP contribution in [0.3, 0.4) is 0 Å². The predicted octanol–water partition coefficient (Wildman–Crippen LogP) is 0.885. The maximum atomic E-state index is 11.6. The monoisotopic (exact) mass is 235 g/mol. The van der Waals surface area contributed by atoms with E-state index in [1.54, 1.807) is 4.90 Å². The third kappa shape index (κ3) is 2.77. The number of amides is 1. The largest absolute Gasteiger partial charge is 0.484 e. The van der Waals surface area contributed by atoms with E-state index in [1.807, 2.05) is 32.0 Å². The van der Waals surface area contributed by atoms with Crippen molar-refractivity contribution in [3.05, 3.63) is 29.3 Å². The summed E-state index contributed by atoms with van der Waals surface area (Å²) in [5, 5.41) is 9.09. The van der Waals surface area contributed by atoms with Crippen LogP contribution >= 0.6 is 0 Å². The lowest BCUT2D eigenvalue weighted by Gasteiger charge is -2.35. The van der Waals surface area contributed by atoms with Gasteiger partial charge in [-0.3, -0.25) is 4.79 Å². The molecule has 4 heteroatoms. The lowest BCUT2D eigenvalue weighted by molar-refractivity contribution is -0.143. The Bertz CT molecular complexity index is 425. The van der Waals surface area contributed by atoms with Crippen LogP contribution in [0.2, 0.25) is 0 Å². The van der Waals surface area contributed by atoms with E-state index in [0.29, 0.717) is 13.1 Å². The number of β-amino-alcohol motifs (C(OH)–C–C–N with tert-alkyl or cyclic N) is 1. The summed E-state index contributed by atoms with van der Waals surface area (Å²) < 4.78 is 5.47. The van der Waals surface area contributed by atoms with Gasteiger partial charge in [0, 0.05) is 13.1 Å². The van der Waals surface area contributed by atoms with Gasteiger partial charge in [0.1, 0.15) is 5.75 Å². The molecule has 1 aromatic rings. The van der Waals surface area contributed by atoms with E-state index in [0.717, 1.165) is 11.3 Å². The van der Waals surface area contributed by atoms with Crippen LogP contribution in [-0.2, 0) is 4.79 Å². The van der Waals surface area contributed by atoms with Crippen LogP contribution in [0, 0.1) is 13.8 Å². The van der Waals surface area contributed by atoms with Crippen molar-refractivity contribution in [2.75, 3.05) is 19.7 Å². The first-order chi connectivity index (χ1) is 8.06. The molecular weight excluding hydrogens is 218 g/mol. The third-order valence-electron chi connectivity index (χ3n) is 2.90. The number of carbonyl (C=O) groups excluding carboxylic acids is 1. The van der Waals surface area contributed by atoms with Crippen molar-refractivity contribution in [1.29, 1.82) is 0 Å². The van der Waals surface area contributed by atoms with E-state index < -0.39 is 0 Å². The number of aryl methyl sites for hydroxylation is 2. The van der Waals surface area contributed by atoms with Gasteiger partial charge in [0.15, 0.2) is 6.61 Å². The normalized spacial score (nSPS) is 15.6. The van der Waals surface area contributed by atoms with Crippen LogP contribution in [-0.4, -0.2) is 41.7 Å². The molecule has 0 aliphatic carbocycles. The number of aliphatic hydroxyl groups excluding tert-OH is 1. The maximum Gasteiger partial charge on any atom is 0.260 e. The molecule has 1 N–H and O–H groups in total. The molecule has 92 valence electrons. The topological polar surface area (TPSA) is 49.8 Å². The molecular formula is C13H17NO3. The molecule has 0 aromatic heterocycles. The number of ether oxygens (including phenoxy) is 1. The molecule has 0 bridgehead atoms. The van der Waals surface area contributed by atoms with E-state index in [-0.39, 0.29) is 18.6 Å². The highest BCUT2D eigenvalue weighted by atomic mass is 16.5. The summed E-state index contributed by atoms with van der Waals surface area (Å²) in [6, 6.07) is 5.86. The van der Waals surface area contributed by atoms with Crippen molar-refractivity contribution in [2.24, 2.45) is 0 Å². The Morgan fingerprint density at radius 3 is 2.76 bits per heavy atom. The number of benzene rings is 1. The van der Waals surface area contributed by atoms with Crippen molar-refractivity contribution in [1.82, 2.24) is 4.90 Å². The van der Waals surface area contributed by atoms with Crippen molar-refractivity contribution < 1.29 is 14.6 Å². The van der Waals surface area contributed by atoms with E-state index in [1.165, 1.54) is 5.56 Å². The smallest absolute Gasteiger partial charge is 0.260 e. The Labute approximate surface area is 101 Å². The van der Waals surface area contributed by atoms with Crippen molar-refractivity contribution in [2.45, 2.75) is 20.0 Å². The SMILES string of the molecule is Cc1ccc(OCC(=O)N2CC(O)C2)c(C)c1.